The van der Waals surface area contributed by atoms with Crippen molar-refractivity contribution < 1.29 is 0 Å². The van der Waals surface area contributed by atoms with Gasteiger partial charge in [0.15, 0.2) is 0 Å². The van der Waals surface area contributed by atoms with Gasteiger partial charge in [-0.05, 0) is 31.2 Å². The van der Waals surface area contributed by atoms with Gasteiger partial charge in [0.05, 0.1) is 15.6 Å². The first-order chi connectivity index (χ1) is 7.70. The van der Waals surface area contributed by atoms with E-state index >= 15 is 0 Å². The van der Waals surface area contributed by atoms with Crippen LogP contribution in [0.3, 0.4) is 0 Å². The van der Waals surface area contributed by atoms with Gasteiger partial charge in [0.1, 0.15) is 0 Å². The monoisotopic (exact) mass is 252 g/mol. The van der Waals surface area contributed by atoms with Crippen LogP contribution in [0, 0.1) is 6.92 Å². The Balaban J connectivity index is 2.40. The van der Waals surface area contributed by atoms with Crippen LogP contribution in [0.2, 0.25) is 5.02 Å². The number of nitrogens with two attached hydrogens (primary N) is 1. The van der Waals surface area contributed by atoms with Crippen LogP contribution in [-0.4, -0.2) is 11.5 Å². The Hall–Kier alpha value is -0.900. The van der Waals surface area contributed by atoms with E-state index in [-0.39, 0.29) is 0 Å². The summed E-state index contributed by atoms with van der Waals surface area (Å²) >= 11 is 7.68. The van der Waals surface area contributed by atoms with E-state index in [0.29, 0.717) is 6.54 Å². The summed E-state index contributed by atoms with van der Waals surface area (Å²) in [4.78, 5) is 5.69. The van der Waals surface area contributed by atoms with E-state index in [1.165, 1.54) is 4.88 Å². The number of thiazole rings is 1. The molecular weight excluding hydrogens is 240 g/mol. The van der Waals surface area contributed by atoms with Crippen LogP contribution in [0.25, 0.3) is 10.4 Å². The maximum absolute atomic E-state index is 5.98. The number of aromatic nitrogens is 1. The average molecular weight is 253 g/mol. The van der Waals surface area contributed by atoms with E-state index in [4.69, 9.17) is 17.3 Å². The first-order valence-corrected chi connectivity index (χ1v) is 6.32. The van der Waals surface area contributed by atoms with E-state index in [1.807, 2.05) is 25.1 Å². The molecule has 0 spiro atoms. The lowest BCUT2D eigenvalue weighted by Crippen LogP contribution is -2.01. The Morgan fingerprint density at radius 2 is 2.25 bits per heavy atom. The van der Waals surface area contributed by atoms with Crippen molar-refractivity contribution in [3.63, 3.8) is 0 Å². The predicted octanol–water partition coefficient (Wildman–Crippen LogP) is 3.27. The average Bonchev–Trinajstić information content (AvgIpc) is 2.60. The van der Waals surface area contributed by atoms with E-state index in [2.05, 4.69) is 11.1 Å². The smallest absolute Gasteiger partial charge is 0.0947 e. The van der Waals surface area contributed by atoms with Crippen molar-refractivity contribution in [2.24, 2.45) is 5.73 Å². The molecule has 0 radical (unpaired) electrons. The third kappa shape index (κ3) is 2.43. The Labute approximate surface area is 104 Å². The maximum atomic E-state index is 5.98. The fourth-order valence-electron chi connectivity index (χ4n) is 1.58. The van der Waals surface area contributed by atoms with Crippen molar-refractivity contribution in [3.8, 4) is 10.4 Å². The molecule has 0 amide bonds. The predicted molar refractivity (Wildman–Crippen MR) is 70.1 cm³/mol. The molecule has 2 rings (SSSR count). The Morgan fingerprint density at radius 3 is 2.94 bits per heavy atom. The normalized spacial score (nSPS) is 10.7. The fourth-order valence-corrected chi connectivity index (χ4v) is 2.85. The third-order valence-electron chi connectivity index (χ3n) is 2.29. The first-order valence-electron chi connectivity index (χ1n) is 5.13. The molecule has 84 valence electrons. The van der Waals surface area contributed by atoms with Gasteiger partial charge in [-0.25, -0.2) is 4.98 Å². The molecule has 0 aliphatic carbocycles. The van der Waals surface area contributed by atoms with Crippen molar-refractivity contribution in [3.05, 3.63) is 40.0 Å². The number of aryl methyl sites for hydroxylation is 1. The summed E-state index contributed by atoms with van der Waals surface area (Å²) in [5, 5.41) is 1.85. The second kappa shape index (κ2) is 4.95. The van der Waals surface area contributed by atoms with Gasteiger partial charge < -0.3 is 5.73 Å². The number of nitrogens with zero attached hydrogens (tertiary/aromatic N) is 1. The molecule has 0 unspecified atom stereocenters. The molecule has 0 aliphatic rings. The standard InChI is InChI=1S/C12H13ClN2S/c1-8-12(16-11(15-8)5-6-14)9-3-2-4-10(13)7-9/h2-4,7H,5-6,14H2,1H3. The van der Waals surface area contributed by atoms with Gasteiger partial charge in [0.2, 0.25) is 0 Å². The summed E-state index contributed by atoms with van der Waals surface area (Å²) in [5.74, 6) is 0. The van der Waals surface area contributed by atoms with Crippen molar-refractivity contribution in [1.29, 1.82) is 0 Å². The van der Waals surface area contributed by atoms with Crippen LogP contribution >= 0.6 is 22.9 Å². The topological polar surface area (TPSA) is 38.9 Å². The number of halogens is 1. The van der Waals surface area contributed by atoms with Gasteiger partial charge in [-0.2, -0.15) is 0 Å². The van der Waals surface area contributed by atoms with E-state index in [9.17, 15) is 0 Å². The van der Waals surface area contributed by atoms with Gasteiger partial charge in [-0.3, -0.25) is 0 Å². The molecule has 2 N–H and O–H groups in total. The SMILES string of the molecule is Cc1nc(CCN)sc1-c1cccc(Cl)c1. The summed E-state index contributed by atoms with van der Waals surface area (Å²) in [6, 6.07) is 7.86. The quantitative estimate of drug-likeness (QED) is 0.911. The van der Waals surface area contributed by atoms with Gasteiger partial charge in [0, 0.05) is 11.4 Å². The lowest BCUT2D eigenvalue weighted by molar-refractivity contribution is 0.946. The van der Waals surface area contributed by atoms with Crippen LogP contribution < -0.4 is 5.73 Å². The third-order valence-corrected chi connectivity index (χ3v) is 3.79. The molecule has 1 heterocycles. The summed E-state index contributed by atoms with van der Waals surface area (Å²) < 4.78 is 0. The first kappa shape index (κ1) is 11.6. The molecule has 0 saturated heterocycles. The molecular formula is C12H13ClN2S. The molecule has 0 aliphatic heterocycles. The lowest BCUT2D eigenvalue weighted by atomic mass is 10.2. The highest BCUT2D eigenvalue weighted by Crippen LogP contribution is 2.31. The molecule has 0 atom stereocenters. The number of hydrogen-bond donors (Lipinski definition) is 1. The Kier molecular flexibility index (Phi) is 3.59. The van der Waals surface area contributed by atoms with Crippen LogP contribution in [0.1, 0.15) is 10.7 Å². The molecule has 1 aromatic heterocycles. The molecule has 0 fully saturated rings. The minimum atomic E-state index is 0.641. The highest BCUT2D eigenvalue weighted by atomic mass is 35.5. The van der Waals surface area contributed by atoms with E-state index in [0.717, 1.165) is 27.7 Å². The Morgan fingerprint density at radius 1 is 1.44 bits per heavy atom. The van der Waals surface area contributed by atoms with Crippen molar-refractivity contribution in [1.82, 2.24) is 4.98 Å². The molecule has 16 heavy (non-hydrogen) atoms. The molecule has 0 saturated carbocycles. The summed E-state index contributed by atoms with van der Waals surface area (Å²) in [6.45, 7) is 2.66. The highest BCUT2D eigenvalue weighted by molar-refractivity contribution is 7.15. The molecule has 0 bridgehead atoms. The summed E-state index contributed by atoms with van der Waals surface area (Å²) in [7, 11) is 0. The van der Waals surface area contributed by atoms with Crippen LogP contribution in [0.4, 0.5) is 0 Å². The van der Waals surface area contributed by atoms with Crippen molar-refractivity contribution >= 4 is 22.9 Å². The maximum Gasteiger partial charge on any atom is 0.0947 e. The van der Waals surface area contributed by atoms with E-state index in [1.54, 1.807) is 11.3 Å². The van der Waals surface area contributed by atoms with Gasteiger partial charge in [-0.1, -0.05) is 23.7 Å². The number of hydrogen-bond acceptors (Lipinski definition) is 3. The largest absolute Gasteiger partial charge is 0.330 e. The zero-order valence-electron chi connectivity index (χ0n) is 9.03. The van der Waals surface area contributed by atoms with Crippen LogP contribution in [0.5, 0.6) is 0 Å². The highest BCUT2D eigenvalue weighted by Gasteiger charge is 2.09. The lowest BCUT2D eigenvalue weighted by Gasteiger charge is -1.98. The molecule has 4 heteroatoms. The van der Waals surface area contributed by atoms with Crippen molar-refractivity contribution in [2.75, 3.05) is 6.54 Å². The number of benzene rings is 1. The number of rotatable bonds is 3. The second-order valence-electron chi connectivity index (χ2n) is 3.57. The summed E-state index contributed by atoms with van der Waals surface area (Å²) in [6.07, 6.45) is 0.839. The Bertz CT molecular complexity index is 494. The van der Waals surface area contributed by atoms with Crippen LogP contribution in [-0.2, 0) is 6.42 Å². The van der Waals surface area contributed by atoms with Gasteiger partial charge >= 0.3 is 0 Å². The van der Waals surface area contributed by atoms with Gasteiger partial charge in [0.25, 0.3) is 0 Å². The zero-order valence-corrected chi connectivity index (χ0v) is 10.6. The molecule has 2 aromatic rings. The van der Waals surface area contributed by atoms with Crippen LogP contribution in [0.15, 0.2) is 24.3 Å². The minimum absolute atomic E-state index is 0.641. The van der Waals surface area contributed by atoms with Gasteiger partial charge in [-0.15, -0.1) is 11.3 Å². The summed E-state index contributed by atoms with van der Waals surface area (Å²) in [5.41, 5.74) is 7.71. The fraction of sp³-hybridized carbons (Fsp3) is 0.250. The zero-order chi connectivity index (χ0) is 11.5. The second-order valence-corrected chi connectivity index (χ2v) is 5.09. The van der Waals surface area contributed by atoms with E-state index < -0.39 is 0 Å². The molecule has 1 aromatic carbocycles. The molecule has 2 nitrogen and oxygen atoms in total. The van der Waals surface area contributed by atoms with Crippen molar-refractivity contribution in [2.45, 2.75) is 13.3 Å². The minimum Gasteiger partial charge on any atom is -0.330 e.